The highest BCUT2D eigenvalue weighted by atomic mass is 35.5. The lowest BCUT2D eigenvalue weighted by molar-refractivity contribution is 0.159. The summed E-state index contributed by atoms with van der Waals surface area (Å²) in [6.45, 7) is 7.72. The van der Waals surface area contributed by atoms with Gasteiger partial charge in [0.05, 0.1) is 12.3 Å². The number of hydrogen-bond acceptors (Lipinski definition) is 3. The van der Waals surface area contributed by atoms with Crippen molar-refractivity contribution in [2.75, 3.05) is 13.2 Å². The van der Waals surface area contributed by atoms with Crippen LogP contribution in [0.4, 0.5) is 0 Å². The molecule has 0 fully saturated rings. The molecule has 0 spiro atoms. The fourth-order valence-electron chi connectivity index (χ4n) is 1.70. The molecule has 1 N–H and O–H groups in total. The Kier molecular flexibility index (Phi) is 4.77. The molecule has 1 rings (SSSR count). The van der Waals surface area contributed by atoms with Crippen LogP contribution in [0.15, 0.2) is 0 Å². The Morgan fingerprint density at radius 2 is 2.12 bits per heavy atom. The fourth-order valence-corrected chi connectivity index (χ4v) is 1.94. The number of aliphatic hydroxyl groups is 1. The maximum Gasteiger partial charge on any atom is 0.131 e. The van der Waals surface area contributed by atoms with E-state index < -0.39 is 0 Å². The van der Waals surface area contributed by atoms with Gasteiger partial charge in [0, 0.05) is 31.7 Å². The van der Waals surface area contributed by atoms with Gasteiger partial charge in [-0.1, -0.05) is 11.6 Å². The second kappa shape index (κ2) is 5.66. The van der Waals surface area contributed by atoms with E-state index in [4.69, 9.17) is 16.7 Å². The molecule has 0 saturated carbocycles. The van der Waals surface area contributed by atoms with Crippen LogP contribution in [0.3, 0.4) is 0 Å². The van der Waals surface area contributed by atoms with Gasteiger partial charge >= 0.3 is 0 Å². The topological polar surface area (TPSA) is 41.3 Å². The van der Waals surface area contributed by atoms with Gasteiger partial charge in [0.15, 0.2) is 0 Å². The molecule has 0 unspecified atom stereocenters. The van der Waals surface area contributed by atoms with Crippen LogP contribution in [0.5, 0.6) is 0 Å². The van der Waals surface area contributed by atoms with Gasteiger partial charge in [0.25, 0.3) is 0 Å². The Labute approximate surface area is 102 Å². The minimum absolute atomic E-state index is 0.162. The standard InChI is InChI=1S/C11H20ClN3O/c1-8(2)15(5-6-16)7-10-9(3)13-14(4)11(10)12/h8,16H,5-7H2,1-4H3. The summed E-state index contributed by atoms with van der Waals surface area (Å²) in [6, 6.07) is 0.378. The molecule has 16 heavy (non-hydrogen) atoms. The molecular weight excluding hydrogens is 226 g/mol. The van der Waals surface area contributed by atoms with Crippen LogP contribution < -0.4 is 0 Å². The SMILES string of the molecule is Cc1nn(C)c(Cl)c1CN(CCO)C(C)C. The molecule has 0 atom stereocenters. The zero-order chi connectivity index (χ0) is 12.3. The van der Waals surface area contributed by atoms with Crippen LogP contribution in [0.25, 0.3) is 0 Å². The first-order chi connectivity index (χ1) is 7.47. The number of halogens is 1. The van der Waals surface area contributed by atoms with E-state index >= 15 is 0 Å². The van der Waals surface area contributed by atoms with Crippen molar-refractivity contribution in [1.82, 2.24) is 14.7 Å². The average molecular weight is 246 g/mol. The largest absolute Gasteiger partial charge is 0.395 e. The maximum absolute atomic E-state index is 9.01. The molecule has 0 aliphatic heterocycles. The molecule has 0 amide bonds. The van der Waals surface area contributed by atoms with E-state index in [0.29, 0.717) is 17.7 Å². The quantitative estimate of drug-likeness (QED) is 0.857. The van der Waals surface area contributed by atoms with Crippen LogP contribution in [-0.4, -0.2) is 39.0 Å². The molecule has 0 aromatic carbocycles. The van der Waals surface area contributed by atoms with E-state index in [2.05, 4.69) is 23.8 Å². The van der Waals surface area contributed by atoms with Crippen molar-refractivity contribution in [2.45, 2.75) is 33.4 Å². The highest BCUT2D eigenvalue weighted by Crippen LogP contribution is 2.21. The zero-order valence-corrected chi connectivity index (χ0v) is 11.1. The van der Waals surface area contributed by atoms with E-state index in [1.165, 1.54) is 0 Å². The molecule has 0 saturated heterocycles. The van der Waals surface area contributed by atoms with Gasteiger partial charge in [-0.25, -0.2) is 0 Å². The van der Waals surface area contributed by atoms with Crippen molar-refractivity contribution in [1.29, 1.82) is 0 Å². The molecule has 0 aliphatic rings. The van der Waals surface area contributed by atoms with Crippen LogP contribution in [0.1, 0.15) is 25.1 Å². The number of rotatable bonds is 5. The third-order valence-corrected chi connectivity index (χ3v) is 3.22. The number of aromatic nitrogens is 2. The summed E-state index contributed by atoms with van der Waals surface area (Å²) in [4.78, 5) is 2.18. The molecule has 92 valence electrons. The molecule has 4 nitrogen and oxygen atoms in total. The third kappa shape index (κ3) is 2.97. The zero-order valence-electron chi connectivity index (χ0n) is 10.4. The Morgan fingerprint density at radius 1 is 1.50 bits per heavy atom. The molecule has 1 heterocycles. The van der Waals surface area contributed by atoms with Crippen molar-refractivity contribution >= 4 is 11.6 Å². The molecule has 1 aromatic heterocycles. The highest BCUT2D eigenvalue weighted by molar-refractivity contribution is 6.30. The normalized spacial score (nSPS) is 11.8. The summed E-state index contributed by atoms with van der Waals surface area (Å²) in [7, 11) is 1.84. The highest BCUT2D eigenvalue weighted by Gasteiger charge is 2.16. The van der Waals surface area contributed by atoms with E-state index in [-0.39, 0.29) is 6.61 Å². The predicted molar refractivity (Wildman–Crippen MR) is 65.6 cm³/mol. The van der Waals surface area contributed by atoms with Gasteiger partial charge in [0.1, 0.15) is 5.15 Å². The molecule has 0 bridgehead atoms. The number of hydrogen-bond donors (Lipinski definition) is 1. The van der Waals surface area contributed by atoms with Gasteiger partial charge < -0.3 is 5.11 Å². The van der Waals surface area contributed by atoms with Gasteiger partial charge in [0.2, 0.25) is 0 Å². The Bertz CT molecular complexity index is 349. The summed E-state index contributed by atoms with van der Waals surface area (Å²) in [5.41, 5.74) is 2.00. The predicted octanol–water partition coefficient (Wildman–Crippen LogP) is 1.58. The van der Waals surface area contributed by atoms with E-state index in [9.17, 15) is 0 Å². The van der Waals surface area contributed by atoms with E-state index in [1.807, 2.05) is 14.0 Å². The second-order valence-corrected chi connectivity index (χ2v) is 4.62. The molecule has 0 aliphatic carbocycles. The Hall–Kier alpha value is -0.580. The van der Waals surface area contributed by atoms with Gasteiger partial charge in [-0.15, -0.1) is 0 Å². The number of aryl methyl sites for hydroxylation is 2. The van der Waals surface area contributed by atoms with Crippen LogP contribution in [0, 0.1) is 6.92 Å². The molecule has 0 radical (unpaired) electrons. The first-order valence-corrected chi connectivity index (χ1v) is 5.88. The maximum atomic E-state index is 9.01. The second-order valence-electron chi connectivity index (χ2n) is 4.27. The Morgan fingerprint density at radius 3 is 2.50 bits per heavy atom. The fraction of sp³-hybridized carbons (Fsp3) is 0.727. The van der Waals surface area contributed by atoms with Gasteiger partial charge in [-0.05, 0) is 20.8 Å². The summed E-state index contributed by atoms with van der Waals surface area (Å²) in [5, 5.41) is 14.0. The minimum Gasteiger partial charge on any atom is -0.395 e. The van der Waals surface area contributed by atoms with Crippen molar-refractivity contribution in [3.05, 3.63) is 16.4 Å². The summed E-state index contributed by atoms with van der Waals surface area (Å²) in [5.74, 6) is 0. The van der Waals surface area contributed by atoms with Crippen molar-refractivity contribution < 1.29 is 5.11 Å². The summed E-state index contributed by atoms with van der Waals surface area (Å²) >= 11 is 6.17. The lowest BCUT2D eigenvalue weighted by Crippen LogP contribution is -2.33. The van der Waals surface area contributed by atoms with Crippen LogP contribution in [0.2, 0.25) is 5.15 Å². The minimum atomic E-state index is 0.162. The summed E-state index contributed by atoms with van der Waals surface area (Å²) < 4.78 is 1.68. The lowest BCUT2D eigenvalue weighted by Gasteiger charge is -2.25. The van der Waals surface area contributed by atoms with E-state index in [0.717, 1.165) is 17.8 Å². The van der Waals surface area contributed by atoms with Crippen molar-refractivity contribution in [3.8, 4) is 0 Å². The number of nitrogens with zero attached hydrogens (tertiary/aromatic N) is 3. The third-order valence-electron chi connectivity index (χ3n) is 2.75. The van der Waals surface area contributed by atoms with Gasteiger partial charge in [-0.2, -0.15) is 5.10 Å². The smallest absolute Gasteiger partial charge is 0.131 e. The van der Waals surface area contributed by atoms with Crippen LogP contribution in [-0.2, 0) is 13.6 Å². The molecule has 1 aromatic rings. The first kappa shape index (κ1) is 13.5. The van der Waals surface area contributed by atoms with Crippen molar-refractivity contribution in [2.24, 2.45) is 7.05 Å². The van der Waals surface area contributed by atoms with E-state index in [1.54, 1.807) is 4.68 Å². The molecule has 5 heteroatoms. The monoisotopic (exact) mass is 245 g/mol. The lowest BCUT2D eigenvalue weighted by atomic mass is 10.2. The number of aliphatic hydroxyl groups excluding tert-OH is 1. The van der Waals surface area contributed by atoms with Crippen LogP contribution >= 0.6 is 11.6 Å². The first-order valence-electron chi connectivity index (χ1n) is 5.50. The molecular formula is C11H20ClN3O. The van der Waals surface area contributed by atoms with Gasteiger partial charge in [-0.3, -0.25) is 9.58 Å². The Balaban J connectivity index is 2.84. The van der Waals surface area contributed by atoms with Crippen molar-refractivity contribution in [3.63, 3.8) is 0 Å². The summed E-state index contributed by atoms with van der Waals surface area (Å²) in [6.07, 6.45) is 0. The average Bonchev–Trinajstić information content (AvgIpc) is 2.43.